The van der Waals surface area contributed by atoms with Gasteiger partial charge in [0.05, 0.1) is 6.42 Å². The molecule has 0 bridgehead atoms. The largest absolute Gasteiger partial charge is 0.481 e. The maximum absolute atomic E-state index is 12.0. The highest BCUT2D eigenvalue weighted by Gasteiger charge is 2.37. The zero-order valence-corrected chi connectivity index (χ0v) is 12.8. The summed E-state index contributed by atoms with van der Waals surface area (Å²) in [6.07, 6.45) is 6.35. The third kappa shape index (κ3) is 6.37. The van der Waals surface area contributed by atoms with Crippen LogP contribution in [0.5, 0.6) is 0 Å². The van der Waals surface area contributed by atoms with E-state index < -0.39 is 5.97 Å². The van der Waals surface area contributed by atoms with Crippen LogP contribution in [0.25, 0.3) is 0 Å². The summed E-state index contributed by atoms with van der Waals surface area (Å²) in [5.41, 5.74) is -0.292. The van der Waals surface area contributed by atoms with Gasteiger partial charge in [0.25, 0.3) is 0 Å². The molecule has 116 valence electrons. The van der Waals surface area contributed by atoms with E-state index in [0.717, 1.165) is 45.1 Å². The maximum Gasteiger partial charge on any atom is 0.303 e. The Labute approximate surface area is 121 Å². The van der Waals surface area contributed by atoms with Crippen molar-refractivity contribution >= 4 is 11.9 Å². The Hall–Kier alpha value is -1.10. The summed E-state index contributed by atoms with van der Waals surface area (Å²) in [7, 11) is 4.07. The number of carboxylic acid groups (broad SMARTS) is 1. The van der Waals surface area contributed by atoms with Gasteiger partial charge in [0.15, 0.2) is 0 Å². The zero-order chi connectivity index (χ0) is 15.0. The average Bonchev–Trinajstić information content (AvgIpc) is 2.75. The number of nitrogens with zero attached hydrogens (tertiary/aromatic N) is 1. The molecule has 5 nitrogen and oxygen atoms in total. The van der Waals surface area contributed by atoms with Gasteiger partial charge in [-0.15, -0.1) is 0 Å². The minimum atomic E-state index is -0.786. The van der Waals surface area contributed by atoms with Crippen molar-refractivity contribution in [3.05, 3.63) is 0 Å². The van der Waals surface area contributed by atoms with Gasteiger partial charge < -0.3 is 15.3 Å². The number of carbonyl (C=O) groups is 2. The minimum absolute atomic E-state index is 0.0120. The van der Waals surface area contributed by atoms with Crippen LogP contribution in [0, 0.1) is 5.41 Å². The van der Waals surface area contributed by atoms with Crippen molar-refractivity contribution in [2.45, 2.75) is 51.4 Å². The molecule has 0 spiro atoms. The monoisotopic (exact) mass is 284 g/mol. The van der Waals surface area contributed by atoms with E-state index in [1.54, 1.807) is 0 Å². The molecule has 1 aliphatic rings. The quantitative estimate of drug-likeness (QED) is 0.634. The Morgan fingerprint density at radius 1 is 1.15 bits per heavy atom. The lowest BCUT2D eigenvalue weighted by atomic mass is 9.79. The molecule has 5 heteroatoms. The van der Waals surface area contributed by atoms with Crippen LogP contribution in [0.1, 0.15) is 51.4 Å². The van der Waals surface area contributed by atoms with Gasteiger partial charge in [-0.3, -0.25) is 9.59 Å². The summed E-state index contributed by atoms with van der Waals surface area (Å²) in [6, 6.07) is 0. The summed E-state index contributed by atoms with van der Waals surface area (Å²) >= 11 is 0. The molecule has 2 N–H and O–H groups in total. The summed E-state index contributed by atoms with van der Waals surface area (Å²) < 4.78 is 0. The summed E-state index contributed by atoms with van der Waals surface area (Å²) in [5, 5.41) is 11.9. The van der Waals surface area contributed by atoms with E-state index in [0.29, 0.717) is 13.0 Å². The van der Waals surface area contributed by atoms with Crippen LogP contribution < -0.4 is 5.32 Å². The number of unbranched alkanes of at least 4 members (excludes halogenated alkanes) is 1. The summed E-state index contributed by atoms with van der Waals surface area (Å²) in [6.45, 7) is 1.72. The Kier molecular flexibility index (Phi) is 6.99. The van der Waals surface area contributed by atoms with Gasteiger partial charge >= 0.3 is 5.97 Å². The third-order valence-electron chi connectivity index (χ3n) is 4.08. The highest BCUT2D eigenvalue weighted by molar-refractivity contribution is 5.78. The molecule has 1 saturated carbocycles. The Bertz CT molecular complexity index is 323. The van der Waals surface area contributed by atoms with E-state index in [4.69, 9.17) is 5.11 Å². The van der Waals surface area contributed by atoms with Gasteiger partial charge in [-0.2, -0.15) is 0 Å². The lowest BCUT2D eigenvalue weighted by Gasteiger charge is -2.26. The second-order valence-corrected chi connectivity index (χ2v) is 6.31. The third-order valence-corrected chi connectivity index (χ3v) is 4.08. The molecule has 1 rings (SSSR count). The highest BCUT2D eigenvalue weighted by atomic mass is 16.4. The SMILES string of the molecule is CN(C)CCCCNC(=O)CC1(CC(=O)O)CCCC1. The second-order valence-electron chi connectivity index (χ2n) is 6.31. The van der Waals surface area contributed by atoms with Crippen LogP contribution >= 0.6 is 0 Å². The average molecular weight is 284 g/mol. The molecule has 0 radical (unpaired) electrons. The molecule has 0 aromatic carbocycles. The fraction of sp³-hybridized carbons (Fsp3) is 0.867. The van der Waals surface area contributed by atoms with Crippen LogP contribution in [-0.2, 0) is 9.59 Å². The Balaban J connectivity index is 2.27. The second kappa shape index (κ2) is 8.25. The molecular formula is C15H28N2O3. The first kappa shape index (κ1) is 17.0. The summed E-state index contributed by atoms with van der Waals surface area (Å²) in [5.74, 6) is -0.774. The van der Waals surface area contributed by atoms with Gasteiger partial charge in [-0.05, 0) is 51.7 Å². The van der Waals surface area contributed by atoms with Gasteiger partial charge in [-0.1, -0.05) is 12.8 Å². The van der Waals surface area contributed by atoms with E-state index in [1.807, 2.05) is 14.1 Å². The lowest BCUT2D eigenvalue weighted by Crippen LogP contribution is -2.32. The first-order chi connectivity index (χ1) is 9.43. The van der Waals surface area contributed by atoms with Crippen LogP contribution in [0.4, 0.5) is 0 Å². The topological polar surface area (TPSA) is 69.6 Å². The Morgan fingerprint density at radius 2 is 1.80 bits per heavy atom. The molecular weight excluding hydrogens is 256 g/mol. The fourth-order valence-corrected chi connectivity index (χ4v) is 3.05. The van der Waals surface area contributed by atoms with Crippen LogP contribution in [0.15, 0.2) is 0 Å². The van der Waals surface area contributed by atoms with E-state index in [2.05, 4.69) is 10.2 Å². The van der Waals surface area contributed by atoms with Crippen LogP contribution in [-0.4, -0.2) is 49.1 Å². The van der Waals surface area contributed by atoms with Gasteiger partial charge in [0.1, 0.15) is 0 Å². The summed E-state index contributed by atoms with van der Waals surface area (Å²) in [4.78, 5) is 25.1. The van der Waals surface area contributed by atoms with Crippen molar-refractivity contribution in [2.75, 3.05) is 27.2 Å². The van der Waals surface area contributed by atoms with Crippen molar-refractivity contribution in [1.82, 2.24) is 10.2 Å². The molecule has 0 aliphatic heterocycles. The van der Waals surface area contributed by atoms with Gasteiger partial charge in [-0.25, -0.2) is 0 Å². The van der Waals surface area contributed by atoms with E-state index in [-0.39, 0.29) is 17.7 Å². The normalized spacial score (nSPS) is 17.4. The number of nitrogens with one attached hydrogen (secondary N) is 1. The lowest BCUT2D eigenvalue weighted by molar-refractivity contribution is -0.140. The molecule has 0 aromatic heterocycles. The molecule has 0 heterocycles. The van der Waals surface area contributed by atoms with E-state index >= 15 is 0 Å². The highest BCUT2D eigenvalue weighted by Crippen LogP contribution is 2.43. The van der Waals surface area contributed by atoms with Crippen LogP contribution in [0.3, 0.4) is 0 Å². The number of carbonyl (C=O) groups excluding carboxylic acids is 1. The zero-order valence-electron chi connectivity index (χ0n) is 12.8. The fourth-order valence-electron chi connectivity index (χ4n) is 3.05. The molecule has 1 amide bonds. The first-order valence-electron chi connectivity index (χ1n) is 7.57. The molecule has 20 heavy (non-hydrogen) atoms. The van der Waals surface area contributed by atoms with Crippen molar-refractivity contribution in [3.63, 3.8) is 0 Å². The van der Waals surface area contributed by atoms with Crippen LogP contribution in [0.2, 0.25) is 0 Å². The van der Waals surface area contributed by atoms with E-state index in [1.165, 1.54) is 0 Å². The minimum Gasteiger partial charge on any atom is -0.481 e. The van der Waals surface area contributed by atoms with Crippen molar-refractivity contribution in [1.29, 1.82) is 0 Å². The smallest absolute Gasteiger partial charge is 0.303 e. The maximum atomic E-state index is 12.0. The molecule has 0 aromatic rings. The first-order valence-corrected chi connectivity index (χ1v) is 7.57. The van der Waals surface area contributed by atoms with Crippen molar-refractivity contribution in [3.8, 4) is 0 Å². The van der Waals surface area contributed by atoms with Gasteiger partial charge in [0.2, 0.25) is 5.91 Å². The predicted octanol–water partition coefficient (Wildman–Crippen LogP) is 1.87. The van der Waals surface area contributed by atoms with Crippen molar-refractivity contribution < 1.29 is 14.7 Å². The number of hydrogen-bond donors (Lipinski definition) is 2. The standard InChI is InChI=1S/C15H28N2O3/c1-17(2)10-6-5-9-16-13(18)11-15(12-14(19)20)7-3-4-8-15/h3-12H2,1-2H3,(H,16,18)(H,19,20). The number of amides is 1. The molecule has 1 aliphatic carbocycles. The Morgan fingerprint density at radius 3 is 2.35 bits per heavy atom. The van der Waals surface area contributed by atoms with E-state index in [9.17, 15) is 9.59 Å². The number of carboxylic acids is 1. The van der Waals surface area contributed by atoms with Gasteiger partial charge in [0, 0.05) is 13.0 Å². The van der Waals surface area contributed by atoms with Crippen molar-refractivity contribution in [2.24, 2.45) is 5.41 Å². The number of rotatable bonds is 9. The molecule has 0 unspecified atom stereocenters. The number of aliphatic carboxylic acids is 1. The predicted molar refractivity (Wildman–Crippen MR) is 78.6 cm³/mol. The number of hydrogen-bond acceptors (Lipinski definition) is 3. The molecule has 0 saturated heterocycles. The molecule has 1 fully saturated rings. The molecule has 0 atom stereocenters.